The van der Waals surface area contributed by atoms with Crippen LogP contribution in [0, 0.1) is 6.92 Å². The summed E-state index contributed by atoms with van der Waals surface area (Å²) in [4.78, 5) is 37.2. The van der Waals surface area contributed by atoms with Crippen LogP contribution in [-0.2, 0) is 0 Å². The summed E-state index contributed by atoms with van der Waals surface area (Å²) in [7, 11) is 1.42. The molecule has 1 unspecified atom stereocenters. The van der Waals surface area contributed by atoms with Crippen molar-refractivity contribution in [2.75, 3.05) is 7.05 Å². The second-order valence-electron chi connectivity index (χ2n) is 5.57. The third-order valence-corrected chi connectivity index (χ3v) is 3.89. The molecule has 0 fully saturated rings. The number of hydrogen-bond acceptors (Lipinski definition) is 4. The van der Waals surface area contributed by atoms with Crippen molar-refractivity contribution in [2.45, 2.75) is 19.9 Å². The van der Waals surface area contributed by atoms with Gasteiger partial charge in [0.2, 0.25) is 0 Å². The average molecular weight is 312 g/mol. The van der Waals surface area contributed by atoms with E-state index in [1.54, 1.807) is 12.1 Å². The summed E-state index contributed by atoms with van der Waals surface area (Å²) in [5, 5.41) is 2.81. The molecule has 3 rings (SSSR count). The Labute approximate surface area is 133 Å². The van der Waals surface area contributed by atoms with Crippen LogP contribution in [0.4, 0.5) is 0 Å². The van der Waals surface area contributed by atoms with Crippen LogP contribution in [0.15, 0.2) is 34.7 Å². The first-order valence-electron chi connectivity index (χ1n) is 7.22. The number of rotatable bonds is 3. The lowest BCUT2D eigenvalue weighted by Crippen LogP contribution is -2.26. The van der Waals surface area contributed by atoms with Crippen LogP contribution in [0.1, 0.15) is 55.6 Å². The molecule has 0 bridgehead atoms. The standard InChI is InChI=1S/C17H16N2O4/c1-9-4-7-14(23-9)10(2)18-15(20)11-5-6-12-13(8-11)17(22)19(3)16(12)21/h4-8,10H,1-3H3,(H,18,20). The Hall–Kier alpha value is -2.89. The maximum Gasteiger partial charge on any atom is 0.261 e. The van der Waals surface area contributed by atoms with Gasteiger partial charge in [0.25, 0.3) is 17.7 Å². The van der Waals surface area contributed by atoms with E-state index in [1.807, 2.05) is 19.9 Å². The highest BCUT2D eigenvalue weighted by molar-refractivity contribution is 6.21. The maximum atomic E-state index is 12.3. The Morgan fingerprint density at radius 1 is 1.13 bits per heavy atom. The van der Waals surface area contributed by atoms with E-state index in [0.717, 1.165) is 10.7 Å². The molecule has 6 heteroatoms. The second kappa shape index (κ2) is 5.39. The molecule has 0 radical (unpaired) electrons. The number of carbonyl (C=O) groups excluding carboxylic acids is 3. The van der Waals surface area contributed by atoms with Crippen LogP contribution in [0.2, 0.25) is 0 Å². The summed E-state index contributed by atoms with van der Waals surface area (Å²) in [5.41, 5.74) is 0.908. The van der Waals surface area contributed by atoms with Crippen molar-refractivity contribution >= 4 is 17.7 Å². The van der Waals surface area contributed by atoms with Gasteiger partial charge in [-0.05, 0) is 44.2 Å². The molecule has 2 aromatic rings. The molecular formula is C17H16N2O4. The van der Waals surface area contributed by atoms with E-state index in [-0.39, 0.29) is 23.4 Å². The Bertz CT molecular complexity index is 822. The van der Waals surface area contributed by atoms with Gasteiger partial charge in [-0.3, -0.25) is 19.3 Å². The predicted octanol–water partition coefficient (Wildman–Crippen LogP) is 2.30. The minimum absolute atomic E-state index is 0.256. The van der Waals surface area contributed by atoms with E-state index in [2.05, 4.69) is 5.32 Å². The van der Waals surface area contributed by atoms with Crippen molar-refractivity contribution in [1.29, 1.82) is 0 Å². The van der Waals surface area contributed by atoms with E-state index in [0.29, 0.717) is 16.9 Å². The van der Waals surface area contributed by atoms with Gasteiger partial charge in [0.1, 0.15) is 11.5 Å². The maximum absolute atomic E-state index is 12.3. The van der Waals surface area contributed by atoms with E-state index in [4.69, 9.17) is 4.42 Å². The molecule has 23 heavy (non-hydrogen) atoms. The van der Waals surface area contributed by atoms with Gasteiger partial charge in [-0.1, -0.05) is 0 Å². The Morgan fingerprint density at radius 3 is 2.48 bits per heavy atom. The van der Waals surface area contributed by atoms with Gasteiger partial charge in [0.15, 0.2) is 0 Å². The molecule has 6 nitrogen and oxygen atoms in total. The number of nitrogens with one attached hydrogen (secondary N) is 1. The van der Waals surface area contributed by atoms with Crippen molar-refractivity contribution < 1.29 is 18.8 Å². The smallest absolute Gasteiger partial charge is 0.261 e. The lowest BCUT2D eigenvalue weighted by Gasteiger charge is -2.12. The summed E-state index contributed by atoms with van der Waals surface area (Å²) < 4.78 is 5.48. The fourth-order valence-electron chi connectivity index (χ4n) is 2.54. The van der Waals surface area contributed by atoms with Gasteiger partial charge in [0.05, 0.1) is 17.2 Å². The lowest BCUT2D eigenvalue weighted by molar-refractivity contribution is 0.0693. The summed E-state index contributed by atoms with van der Waals surface area (Å²) in [6, 6.07) is 7.83. The first-order valence-corrected chi connectivity index (χ1v) is 7.22. The summed E-state index contributed by atoms with van der Waals surface area (Å²) in [6.07, 6.45) is 0. The SMILES string of the molecule is Cc1ccc(C(C)NC(=O)c2ccc3c(c2)C(=O)N(C)C3=O)o1. The highest BCUT2D eigenvalue weighted by atomic mass is 16.3. The highest BCUT2D eigenvalue weighted by Gasteiger charge is 2.33. The zero-order chi connectivity index (χ0) is 16.7. The van der Waals surface area contributed by atoms with Crippen LogP contribution >= 0.6 is 0 Å². The van der Waals surface area contributed by atoms with Crippen LogP contribution in [0.5, 0.6) is 0 Å². The zero-order valence-corrected chi connectivity index (χ0v) is 13.0. The number of nitrogens with zero attached hydrogens (tertiary/aromatic N) is 1. The molecule has 1 atom stereocenters. The highest BCUT2D eigenvalue weighted by Crippen LogP contribution is 2.23. The van der Waals surface area contributed by atoms with E-state index >= 15 is 0 Å². The molecule has 0 saturated carbocycles. The van der Waals surface area contributed by atoms with E-state index in [1.165, 1.54) is 19.2 Å². The van der Waals surface area contributed by atoms with Gasteiger partial charge in [0, 0.05) is 12.6 Å². The molecule has 1 aliphatic rings. The summed E-state index contributed by atoms with van der Waals surface area (Å²) in [5.74, 6) is 0.351. The van der Waals surface area contributed by atoms with Gasteiger partial charge >= 0.3 is 0 Å². The van der Waals surface area contributed by atoms with Crippen molar-refractivity contribution in [3.63, 3.8) is 0 Å². The molecule has 1 aliphatic heterocycles. The van der Waals surface area contributed by atoms with Crippen LogP contribution < -0.4 is 5.32 Å². The molecule has 0 saturated heterocycles. The predicted molar refractivity (Wildman–Crippen MR) is 82.2 cm³/mol. The fraction of sp³-hybridized carbons (Fsp3) is 0.235. The first kappa shape index (κ1) is 15.0. The number of fused-ring (bicyclic) bond motifs is 1. The Balaban J connectivity index is 1.82. The first-order chi connectivity index (χ1) is 10.9. The van der Waals surface area contributed by atoms with Gasteiger partial charge in [-0.15, -0.1) is 0 Å². The number of hydrogen-bond donors (Lipinski definition) is 1. The van der Waals surface area contributed by atoms with Crippen LogP contribution in [-0.4, -0.2) is 29.7 Å². The minimum atomic E-state index is -0.394. The van der Waals surface area contributed by atoms with E-state index in [9.17, 15) is 14.4 Å². The monoisotopic (exact) mass is 312 g/mol. The minimum Gasteiger partial charge on any atom is -0.464 e. The molecule has 1 N–H and O–H groups in total. The zero-order valence-electron chi connectivity index (χ0n) is 13.0. The molecule has 0 spiro atoms. The van der Waals surface area contributed by atoms with Gasteiger partial charge in [-0.25, -0.2) is 0 Å². The number of benzene rings is 1. The quantitative estimate of drug-likeness (QED) is 0.882. The molecule has 0 aliphatic carbocycles. The molecule has 3 amide bonds. The number of furan rings is 1. The third kappa shape index (κ3) is 2.52. The Morgan fingerprint density at radius 2 is 1.83 bits per heavy atom. The van der Waals surface area contributed by atoms with Crippen molar-refractivity contribution in [2.24, 2.45) is 0 Å². The lowest BCUT2D eigenvalue weighted by atomic mass is 10.0. The van der Waals surface area contributed by atoms with E-state index < -0.39 is 5.91 Å². The second-order valence-corrected chi connectivity index (χ2v) is 5.57. The number of amides is 3. The molecular weight excluding hydrogens is 296 g/mol. The number of carbonyl (C=O) groups is 3. The summed E-state index contributed by atoms with van der Waals surface area (Å²) in [6.45, 7) is 3.64. The Kier molecular flexibility index (Phi) is 3.52. The van der Waals surface area contributed by atoms with Crippen LogP contribution in [0.3, 0.4) is 0 Å². The molecule has 1 aromatic heterocycles. The largest absolute Gasteiger partial charge is 0.464 e. The summed E-state index contributed by atoms with van der Waals surface area (Å²) >= 11 is 0. The normalized spacial score (nSPS) is 14.8. The fourth-order valence-corrected chi connectivity index (χ4v) is 2.54. The topological polar surface area (TPSA) is 79.6 Å². The van der Waals surface area contributed by atoms with Crippen molar-refractivity contribution in [1.82, 2.24) is 10.2 Å². The van der Waals surface area contributed by atoms with Crippen LogP contribution in [0.25, 0.3) is 0 Å². The number of imide groups is 1. The molecule has 1 aromatic carbocycles. The van der Waals surface area contributed by atoms with Crippen molar-refractivity contribution in [3.8, 4) is 0 Å². The molecule has 118 valence electrons. The molecule has 2 heterocycles. The van der Waals surface area contributed by atoms with Gasteiger partial charge < -0.3 is 9.73 Å². The van der Waals surface area contributed by atoms with Crippen molar-refractivity contribution in [3.05, 3.63) is 58.5 Å². The van der Waals surface area contributed by atoms with Gasteiger partial charge in [-0.2, -0.15) is 0 Å². The average Bonchev–Trinajstić information content (AvgIpc) is 3.06. The number of aryl methyl sites for hydroxylation is 1. The third-order valence-electron chi connectivity index (χ3n) is 3.89.